The van der Waals surface area contributed by atoms with Crippen molar-refractivity contribution in [3.8, 4) is 11.8 Å². The van der Waals surface area contributed by atoms with E-state index >= 15 is 0 Å². The van der Waals surface area contributed by atoms with Crippen LogP contribution in [0.2, 0.25) is 0 Å². The number of rotatable bonds is 3. The zero-order valence-electron chi connectivity index (χ0n) is 10.3. The molecule has 1 fully saturated rings. The molecule has 2 N–H and O–H groups in total. The quantitative estimate of drug-likeness (QED) is 0.778. The summed E-state index contributed by atoms with van der Waals surface area (Å²) in [7, 11) is 0. The number of hydrogen-bond donors (Lipinski definition) is 2. The Hall–Kier alpha value is -1.86. The molecule has 0 radical (unpaired) electrons. The average molecular weight is 244 g/mol. The second-order valence-electron chi connectivity index (χ2n) is 4.46. The first-order chi connectivity index (χ1) is 8.72. The van der Waals surface area contributed by atoms with Gasteiger partial charge in [0.2, 0.25) is 0 Å². The molecule has 1 aliphatic rings. The molecule has 0 bridgehead atoms. The summed E-state index contributed by atoms with van der Waals surface area (Å²) in [4.78, 5) is 16.1. The second-order valence-corrected chi connectivity index (χ2v) is 4.46. The molecule has 0 spiro atoms. The topological polar surface area (TPSA) is 62.2 Å². The van der Waals surface area contributed by atoms with E-state index in [9.17, 15) is 4.79 Å². The predicted octanol–water partition coefficient (Wildman–Crippen LogP) is 0.954. The van der Waals surface area contributed by atoms with E-state index in [1.807, 2.05) is 6.92 Å². The molecule has 4 nitrogen and oxygen atoms in total. The molecule has 1 saturated carbocycles. The fraction of sp³-hybridized carbons (Fsp3) is 0.429. The standard InChI is InChI=1S/C14H16N2O2/c1-10(11-6-7-11)16-14(18)13-12(5-3-9-17)4-2-8-15-13/h2,4,8,10-11,17H,6-7,9H2,1H3,(H,16,18). The van der Waals surface area contributed by atoms with Crippen molar-refractivity contribution in [3.63, 3.8) is 0 Å². The smallest absolute Gasteiger partial charge is 0.271 e. The Kier molecular flexibility index (Phi) is 3.96. The summed E-state index contributed by atoms with van der Waals surface area (Å²) in [6.07, 6.45) is 3.93. The van der Waals surface area contributed by atoms with Crippen LogP contribution in [0.4, 0.5) is 0 Å². The van der Waals surface area contributed by atoms with Crippen LogP contribution in [0.1, 0.15) is 35.8 Å². The van der Waals surface area contributed by atoms with Gasteiger partial charge >= 0.3 is 0 Å². The van der Waals surface area contributed by atoms with Crippen molar-refractivity contribution in [2.45, 2.75) is 25.8 Å². The van der Waals surface area contributed by atoms with E-state index in [1.165, 1.54) is 12.8 Å². The molecule has 1 heterocycles. The van der Waals surface area contributed by atoms with E-state index in [-0.39, 0.29) is 18.6 Å². The van der Waals surface area contributed by atoms with Crippen LogP contribution in [0.5, 0.6) is 0 Å². The molecule has 0 saturated heterocycles. The number of aliphatic hydroxyl groups is 1. The molecule has 0 aliphatic heterocycles. The van der Waals surface area contributed by atoms with E-state index < -0.39 is 0 Å². The number of hydrogen-bond acceptors (Lipinski definition) is 3. The summed E-state index contributed by atoms with van der Waals surface area (Å²) in [5.41, 5.74) is 0.873. The van der Waals surface area contributed by atoms with Crippen LogP contribution in [-0.4, -0.2) is 28.6 Å². The van der Waals surface area contributed by atoms with Gasteiger partial charge in [-0.25, -0.2) is 4.98 Å². The van der Waals surface area contributed by atoms with Gasteiger partial charge in [-0.05, 0) is 37.8 Å². The Bertz CT molecular complexity index is 498. The monoisotopic (exact) mass is 244 g/mol. The first kappa shape index (κ1) is 12.6. The summed E-state index contributed by atoms with van der Waals surface area (Å²) >= 11 is 0. The lowest BCUT2D eigenvalue weighted by atomic mass is 10.1. The van der Waals surface area contributed by atoms with Crippen LogP contribution >= 0.6 is 0 Å². The highest BCUT2D eigenvalue weighted by Crippen LogP contribution is 2.32. The Morgan fingerprint density at radius 2 is 2.44 bits per heavy atom. The van der Waals surface area contributed by atoms with Crippen molar-refractivity contribution < 1.29 is 9.90 Å². The van der Waals surface area contributed by atoms with Gasteiger partial charge in [0.1, 0.15) is 12.3 Å². The number of carbonyl (C=O) groups excluding carboxylic acids is 1. The van der Waals surface area contributed by atoms with E-state index in [4.69, 9.17) is 5.11 Å². The maximum Gasteiger partial charge on any atom is 0.271 e. The predicted molar refractivity (Wildman–Crippen MR) is 67.9 cm³/mol. The van der Waals surface area contributed by atoms with Gasteiger partial charge in [0.05, 0.1) is 5.56 Å². The van der Waals surface area contributed by atoms with E-state index in [0.717, 1.165) is 0 Å². The Morgan fingerprint density at radius 3 is 3.11 bits per heavy atom. The first-order valence-corrected chi connectivity index (χ1v) is 6.08. The Labute approximate surface area is 106 Å². The van der Waals surface area contributed by atoms with Crippen molar-refractivity contribution in [2.75, 3.05) is 6.61 Å². The second kappa shape index (κ2) is 5.65. The zero-order valence-corrected chi connectivity index (χ0v) is 10.3. The van der Waals surface area contributed by atoms with Crippen LogP contribution in [-0.2, 0) is 0 Å². The van der Waals surface area contributed by atoms with Gasteiger partial charge in [-0.15, -0.1) is 0 Å². The summed E-state index contributed by atoms with van der Waals surface area (Å²) in [6.45, 7) is 1.78. The molecule has 4 heteroatoms. The van der Waals surface area contributed by atoms with Crippen molar-refractivity contribution in [2.24, 2.45) is 5.92 Å². The van der Waals surface area contributed by atoms with Crippen LogP contribution in [0.3, 0.4) is 0 Å². The fourth-order valence-corrected chi connectivity index (χ4v) is 1.81. The minimum atomic E-state index is -0.228. The Morgan fingerprint density at radius 1 is 1.67 bits per heavy atom. The average Bonchev–Trinajstić information content (AvgIpc) is 3.20. The third-order valence-corrected chi connectivity index (χ3v) is 3.01. The number of aliphatic hydroxyl groups excluding tert-OH is 1. The van der Waals surface area contributed by atoms with Gasteiger partial charge in [0, 0.05) is 12.2 Å². The lowest BCUT2D eigenvalue weighted by Crippen LogP contribution is -2.34. The van der Waals surface area contributed by atoms with Crippen LogP contribution in [0, 0.1) is 17.8 Å². The molecule has 1 unspecified atom stereocenters. The van der Waals surface area contributed by atoms with Gasteiger partial charge in [-0.3, -0.25) is 4.79 Å². The number of amides is 1. The highest BCUT2D eigenvalue weighted by molar-refractivity contribution is 5.94. The molecule has 1 amide bonds. The zero-order chi connectivity index (χ0) is 13.0. The molecular weight excluding hydrogens is 228 g/mol. The summed E-state index contributed by atoms with van der Waals surface area (Å²) in [6, 6.07) is 3.63. The molecule has 1 aliphatic carbocycles. The maximum atomic E-state index is 12.1. The van der Waals surface area contributed by atoms with Gasteiger partial charge < -0.3 is 10.4 Å². The minimum absolute atomic E-state index is 0.179. The van der Waals surface area contributed by atoms with Crippen molar-refractivity contribution >= 4 is 5.91 Å². The SMILES string of the molecule is CC(NC(=O)c1ncccc1C#CCO)C1CC1. The molecule has 2 rings (SSSR count). The summed E-state index contributed by atoms with van der Waals surface area (Å²) < 4.78 is 0. The van der Waals surface area contributed by atoms with E-state index in [1.54, 1.807) is 18.3 Å². The normalized spacial score (nSPS) is 15.4. The third kappa shape index (κ3) is 3.08. The van der Waals surface area contributed by atoms with Gasteiger partial charge in [0.25, 0.3) is 5.91 Å². The minimum Gasteiger partial charge on any atom is -0.384 e. The molecule has 1 aromatic rings. The third-order valence-electron chi connectivity index (χ3n) is 3.01. The fourth-order valence-electron chi connectivity index (χ4n) is 1.81. The first-order valence-electron chi connectivity index (χ1n) is 6.08. The molecule has 1 atom stereocenters. The number of pyridine rings is 1. The Balaban J connectivity index is 2.13. The van der Waals surface area contributed by atoms with Crippen LogP contribution in [0.25, 0.3) is 0 Å². The van der Waals surface area contributed by atoms with Crippen LogP contribution < -0.4 is 5.32 Å². The van der Waals surface area contributed by atoms with Gasteiger partial charge in [-0.1, -0.05) is 11.8 Å². The lowest BCUT2D eigenvalue weighted by Gasteiger charge is -2.12. The highest BCUT2D eigenvalue weighted by atomic mass is 16.2. The van der Waals surface area contributed by atoms with Gasteiger partial charge in [0.15, 0.2) is 0 Å². The molecule has 1 aromatic heterocycles. The van der Waals surface area contributed by atoms with Crippen LogP contribution in [0.15, 0.2) is 18.3 Å². The maximum absolute atomic E-state index is 12.1. The lowest BCUT2D eigenvalue weighted by molar-refractivity contribution is 0.0930. The molecule has 94 valence electrons. The molecule has 18 heavy (non-hydrogen) atoms. The largest absolute Gasteiger partial charge is 0.384 e. The number of carbonyl (C=O) groups is 1. The van der Waals surface area contributed by atoms with Gasteiger partial charge in [-0.2, -0.15) is 0 Å². The number of nitrogens with zero attached hydrogens (tertiary/aromatic N) is 1. The van der Waals surface area contributed by atoms with Crippen molar-refractivity contribution in [1.29, 1.82) is 0 Å². The summed E-state index contributed by atoms with van der Waals surface area (Å²) in [5, 5.41) is 11.6. The van der Waals surface area contributed by atoms with E-state index in [0.29, 0.717) is 17.2 Å². The molecular formula is C14H16N2O2. The van der Waals surface area contributed by atoms with Crippen molar-refractivity contribution in [3.05, 3.63) is 29.6 Å². The van der Waals surface area contributed by atoms with Crippen molar-refractivity contribution in [1.82, 2.24) is 10.3 Å². The number of nitrogens with one attached hydrogen (secondary N) is 1. The number of aromatic nitrogens is 1. The summed E-state index contributed by atoms with van der Waals surface area (Å²) in [5.74, 6) is 5.68. The highest BCUT2D eigenvalue weighted by Gasteiger charge is 2.29. The molecule has 0 aromatic carbocycles. The van der Waals surface area contributed by atoms with E-state index in [2.05, 4.69) is 22.1 Å².